The largest absolute Gasteiger partial charge is 0.390 e. The van der Waals surface area contributed by atoms with Gasteiger partial charge in [0.2, 0.25) is 0 Å². The van der Waals surface area contributed by atoms with Crippen molar-refractivity contribution < 1.29 is 10.2 Å². The molecule has 0 unspecified atom stereocenters. The van der Waals surface area contributed by atoms with Gasteiger partial charge >= 0.3 is 0 Å². The molecule has 2 N–H and O–H groups in total. The molecule has 1 rings (SSSR count). The second-order valence-electron chi connectivity index (χ2n) is 2.81. The van der Waals surface area contributed by atoms with Crippen LogP contribution in [-0.2, 0) is 0 Å². The van der Waals surface area contributed by atoms with E-state index in [9.17, 15) is 0 Å². The van der Waals surface area contributed by atoms with Gasteiger partial charge in [-0.25, -0.2) is 0 Å². The summed E-state index contributed by atoms with van der Waals surface area (Å²) in [5.74, 6) is 0. The lowest BCUT2D eigenvalue weighted by molar-refractivity contribution is -0.0139. The molecule has 0 saturated heterocycles. The molecule has 0 amide bonds. The number of hydrogen-bond acceptors (Lipinski definition) is 3. The van der Waals surface area contributed by atoms with Crippen LogP contribution in [0.5, 0.6) is 0 Å². The summed E-state index contributed by atoms with van der Waals surface area (Å²) in [4.78, 5) is 2.65. The highest BCUT2D eigenvalue weighted by molar-refractivity contribution is 4.83. The first-order chi connectivity index (χ1) is 5.24. The molecular weight excluding hydrogens is 146 g/mol. The first kappa shape index (κ1) is 8.33. The molecular formula is C6H11N3O2. The Balaban J connectivity index is 2.45. The minimum Gasteiger partial charge on any atom is -0.390 e. The van der Waals surface area contributed by atoms with E-state index in [0.717, 1.165) is 0 Å². The molecule has 1 aliphatic rings. The Kier molecular flexibility index (Phi) is 2.70. The zero-order valence-corrected chi connectivity index (χ0v) is 6.09. The lowest BCUT2D eigenvalue weighted by atomic mass is 9.91. The van der Waals surface area contributed by atoms with Crippen molar-refractivity contribution in [2.24, 2.45) is 5.11 Å². The summed E-state index contributed by atoms with van der Waals surface area (Å²) >= 11 is 0. The van der Waals surface area contributed by atoms with E-state index in [2.05, 4.69) is 10.0 Å². The predicted octanol–water partition coefficient (Wildman–Crippen LogP) is 0.571. The monoisotopic (exact) mass is 157 g/mol. The van der Waals surface area contributed by atoms with E-state index in [0.29, 0.717) is 19.3 Å². The molecule has 5 heteroatoms. The van der Waals surface area contributed by atoms with E-state index in [1.54, 1.807) is 0 Å². The molecule has 3 atom stereocenters. The molecule has 0 spiro atoms. The van der Waals surface area contributed by atoms with Gasteiger partial charge in [0.1, 0.15) is 0 Å². The van der Waals surface area contributed by atoms with Crippen LogP contribution in [0.1, 0.15) is 19.3 Å². The minimum atomic E-state index is -0.723. The molecule has 5 nitrogen and oxygen atoms in total. The number of hydrogen-bond donors (Lipinski definition) is 2. The fraction of sp³-hybridized carbons (Fsp3) is 1.00. The van der Waals surface area contributed by atoms with Gasteiger partial charge in [-0.15, -0.1) is 0 Å². The van der Waals surface area contributed by atoms with E-state index in [1.165, 1.54) is 0 Å². The summed E-state index contributed by atoms with van der Waals surface area (Å²) in [5, 5.41) is 21.7. The molecule has 0 heterocycles. The maximum absolute atomic E-state index is 9.14. The van der Waals surface area contributed by atoms with E-state index < -0.39 is 12.2 Å². The first-order valence-corrected chi connectivity index (χ1v) is 3.64. The quantitative estimate of drug-likeness (QED) is 0.331. The maximum atomic E-state index is 9.14. The zero-order chi connectivity index (χ0) is 8.27. The van der Waals surface area contributed by atoms with Crippen molar-refractivity contribution >= 4 is 0 Å². The predicted molar refractivity (Wildman–Crippen MR) is 38.8 cm³/mol. The highest BCUT2D eigenvalue weighted by Gasteiger charge is 2.26. The van der Waals surface area contributed by atoms with Crippen LogP contribution in [0.3, 0.4) is 0 Å². The van der Waals surface area contributed by atoms with Crippen molar-refractivity contribution in [3.63, 3.8) is 0 Å². The molecule has 1 saturated carbocycles. The van der Waals surface area contributed by atoms with Crippen LogP contribution in [0.2, 0.25) is 0 Å². The average Bonchev–Trinajstić information content (AvgIpc) is 1.98. The normalized spacial score (nSPS) is 37.8. The Hall–Kier alpha value is -0.770. The fourth-order valence-electron chi connectivity index (χ4n) is 1.29. The number of aliphatic hydroxyl groups excluding tert-OH is 2. The van der Waals surface area contributed by atoms with Crippen LogP contribution in [0, 0.1) is 0 Å². The van der Waals surface area contributed by atoms with Gasteiger partial charge in [-0.1, -0.05) is 5.11 Å². The van der Waals surface area contributed by atoms with Gasteiger partial charge in [0.25, 0.3) is 0 Å². The molecule has 1 aliphatic carbocycles. The molecule has 0 radical (unpaired) electrons. The Labute approximate surface area is 64.3 Å². The van der Waals surface area contributed by atoms with Gasteiger partial charge in [-0.3, -0.25) is 0 Å². The van der Waals surface area contributed by atoms with E-state index >= 15 is 0 Å². The number of azide groups is 1. The summed E-state index contributed by atoms with van der Waals surface area (Å²) in [7, 11) is 0. The highest BCUT2D eigenvalue weighted by atomic mass is 16.3. The Morgan fingerprint density at radius 1 is 1.27 bits per heavy atom. The Bertz CT molecular complexity index is 179. The van der Waals surface area contributed by atoms with Crippen molar-refractivity contribution in [2.75, 3.05) is 0 Å². The van der Waals surface area contributed by atoms with Crippen LogP contribution in [0.15, 0.2) is 5.11 Å². The van der Waals surface area contributed by atoms with Crippen LogP contribution in [0.25, 0.3) is 10.4 Å². The molecule has 0 aliphatic heterocycles. The summed E-state index contributed by atoms with van der Waals surface area (Å²) in [5.41, 5.74) is 8.08. The topological polar surface area (TPSA) is 89.2 Å². The lowest BCUT2D eigenvalue weighted by Gasteiger charge is -2.26. The molecule has 0 aromatic heterocycles. The van der Waals surface area contributed by atoms with Gasteiger partial charge in [0, 0.05) is 11.0 Å². The second-order valence-corrected chi connectivity index (χ2v) is 2.81. The average molecular weight is 157 g/mol. The third kappa shape index (κ3) is 2.08. The highest BCUT2D eigenvalue weighted by Crippen LogP contribution is 2.21. The molecule has 0 bridgehead atoms. The van der Waals surface area contributed by atoms with Crippen LogP contribution >= 0.6 is 0 Å². The van der Waals surface area contributed by atoms with Crippen LogP contribution in [0.4, 0.5) is 0 Å². The Morgan fingerprint density at radius 2 is 2.00 bits per heavy atom. The second kappa shape index (κ2) is 3.57. The standard InChI is InChI=1S/C6H11N3O2/c7-9-8-4-1-2-5(10)6(11)3-4/h4-6,10-11H,1-3H2/t4-,5-,6+/m0/s1. The number of rotatable bonds is 1. The Morgan fingerprint density at radius 3 is 2.55 bits per heavy atom. The smallest absolute Gasteiger partial charge is 0.0803 e. The summed E-state index contributed by atoms with van der Waals surface area (Å²) in [6.07, 6.45) is 0.206. The third-order valence-corrected chi connectivity index (χ3v) is 1.97. The van der Waals surface area contributed by atoms with Crippen LogP contribution < -0.4 is 0 Å². The third-order valence-electron chi connectivity index (χ3n) is 1.97. The zero-order valence-electron chi connectivity index (χ0n) is 6.09. The van der Waals surface area contributed by atoms with Crippen LogP contribution in [-0.4, -0.2) is 28.5 Å². The van der Waals surface area contributed by atoms with Gasteiger partial charge in [-0.05, 0) is 24.8 Å². The first-order valence-electron chi connectivity index (χ1n) is 3.64. The van der Waals surface area contributed by atoms with Crippen molar-refractivity contribution in [1.29, 1.82) is 0 Å². The van der Waals surface area contributed by atoms with Gasteiger partial charge in [0.15, 0.2) is 0 Å². The van der Waals surface area contributed by atoms with E-state index in [4.69, 9.17) is 15.7 Å². The molecule has 1 fully saturated rings. The summed E-state index contributed by atoms with van der Waals surface area (Å²) in [6.45, 7) is 0. The van der Waals surface area contributed by atoms with Gasteiger partial charge in [-0.2, -0.15) is 0 Å². The van der Waals surface area contributed by atoms with E-state index in [-0.39, 0.29) is 6.04 Å². The lowest BCUT2D eigenvalue weighted by Crippen LogP contribution is -2.34. The molecule has 11 heavy (non-hydrogen) atoms. The van der Waals surface area contributed by atoms with Crippen molar-refractivity contribution in [1.82, 2.24) is 0 Å². The summed E-state index contributed by atoms with van der Waals surface area (Å²) in [6, 6.07) is -0.140. The molecule has 62 valence electrons. The summed E-state index contributed by atoms with van der Waals surface area (Å²) < 4.78 is 0. The number of aliphatic hydroxyl groups is 2. The molecule has 0 aromatic rings. The SMILES string of the molecule is [N-]=[N+]=N[C@H]1CC[C@H](O)[C@H](O)C1. The van der Waals surface area contributed by atoms with Gasteiger partial charge < -0.3 is 10.2 Å². The van der Waals surface area contributed by atoms with Crippen molar-refractivity contribution in [3.05, 3.63) is 10.4 Å². The maximum Gasteiger partial charge on any atom is 0.0803 e. The fourth-order valence-corrected chi connectivity index (χ4v) is 1.29. The van der Waals surface area contributed by atoms with Crippen molar-refractivity contribution in [2.45, 2.75) is 37.5 Å². The molecule has 0 aromatic carbocycles. The van der Waals surface area contributed by atoms with Crippen molar-refractivity contribution in [3.8, 4) is 0 Å². The number of nitrogens with zero attached hydrogens (tertiary/aromatic N) is 3. The van der Waals surface area contributed by atoms with Gasteiger partial charge in [0.05, 0.1) is 12.2 Å². The van der Waals surface area contributed by atoms with E-state index in [1.807, 2.05) is 0 Å². The minimum absolute atomic E-state index is 0.140.